The van der Waals surface area contributed by atoms with Gasteiger partial charge in [0.15, 0.2) is 0 Å². The minimum absolute atomic E-state index is 0.0215. The lowest BCUT2D eigenvalue weighted by molar-refractivity contribution is 0.00578. The summed E-state index contributed by atoms with van der Waals surface area (Å²) in [4.78, 5) is 24.2. The molecule has 1 heterocycles. The molecule has 1 fully saturated rings. The number of halogens is 1. The summed E-state index contributed by atoms with van der Waals surface area (Å²) in [5, 5.41) is 2.67. The molecule has 0 bridgehead atoms. The molecule has 1 aliphatic heterocycles. The highest BCUT2D eigenvalue weighted by Gasteiger charge is 2.52. The number of benzene rings is 2. The van der Waals surface area contributed by atoms with Crippen LogP contribution in [0, 0.1) is 5.82 Å². The van der Waals surface area contributed by atoms with Crippen LogP contribution in [0.4, 0.5) is 9.18 Å². The summed E-state index contributed by atoms with van der Waals surface area (Å²) in [5.41, 5.74) is 0.344. The van der Waals surface area contributed by atoms with Gasteiger partial charge in [0.05, 0.1) is 23.9 Å². The predicted molar refractivity (Wildman–Crippen MR) is 126 cm³/mol. The number of alkyl carbamates (subject to hydrolysis) is 1. The Labute approximate surface area is 199 Å². The van der Waals surface area contributed by atoms with Crippen molar-refractivity contribution in [1.82, 2.24) is 5.32 Å². The molecular weight excluding hydrogens is 440 g/mol. The number of hydrogen-bond donors (Lipinski definition) is 1. The minimum Gasteiger partial charge on any atom is -0.465 e. The van der Waals surface area contributed by atoms with Crippen molar-refractivity contribution in [2.24, 2.45) is 0 Å². The Bertz CT molecular complexity index is 1050. The molecule has 0 atom stereocenters. The SMILES string of the molecule is COC(=O)c1ccc(F)c(C=C(CNC(=O)OCc2ccccc2)B2OC(C)(C)C(C)(C)O2)c1. The average Bonchev–Trinajstić information content (AvgIpc) is 3.03. The van der Waals surface area contributed by atoms with E-state index in [1.165, 1.54) is 31.4 Å². The smallest absolute Gasteiger partial charge is 0.465 e. The fourth-order valence-electron chi connectivity index (χ4n) is 3.24. The number of methoxy groups -OCH3 is 1. The fourth-order valence-corrected chi connectivity index (χ4v) is 3.24. The van der Waals surface area contributed by atoms with Crippen LogP contribution in [0.3, 0.4) is 0 Å². The van der Waals surface area contributed by atoms with Gasteiger partial charge in [-0.15, -0.1) is 0 Å². The van der Waals surface area contributed by atoms with Crippen LogP contribution in [-0.2, 0) is 25.4 Å². The molecule has 0 saturated carbocycles. The molecular formula is C25H29BFNO6. The Balaban J connectivity index is 1.82. The molecule has 1 amide bonds. The quantitative estimate of drug-likeness (QED) is 0.473. The Morgan fingerprint density at radius 1 is 1.06 bits per heavy atom. The third kappa shape index (κ3) is 6.04. The number of nitrogens with one attached hydrogen (secondary N) is 1. The maximum absolute atomic E-state index is 14.6. The van der Waals surface area contributed by atoms with Gasteiger partial charge >= 0.3 is 19.2 Å². The lowest BCUT2D eigenvalue weighted by Crippen LogP contribution is -2.41. The molecule has 9 heteroatoms. The number of carbonyl (C=O) groups is 2. The van der Waals surface area contributed by atoms with Gasteiger partial charge in [0, 0.05) is 12.1 Å². The summed E-state index contributed by atoms with van der Waals surface area (Å²) in [5.74, 6) is -1.14. The largest absolute Gasteiger partial charge is 0.492 e. The van der Waals surface area contributed by atoms with Crippen molar-refractivity contribution in [3.05, 3.63) is 76.5 Å². The van der Waals surface area contributed by atoms with Gasteiger partial charge < -0.3 is 24.1 Å². The summed E-state index contributed by atoms with van der Waals surface area (Å²) in [6.45, 7) is 7.66. The van der Waals surface area contributed by atoms with E-state index in [0.29, 0.717) is 5.47 Å². The second-order valence-corrected chi connectivity index (χ2v) is 8.95. The summed E-state index contributed by atoms with van der Waals surface area (Å²) in [6.07, 6.45) is 0.858. The molecule has 34 heavy (non-hydrogen) atoms. The van der Waals surface area contributed by atoms with Gasteiger partial charge in [-0.2, -0.15) is 0 Å². The maximum atomic E-state index is 14.6. The number of amides is 1. The molecule has 3 rings (SSSR count). The highest BCUT2D eigenvalue weighted by Crippen LogP contribution is 2.38. The number of ether oxygens (including phenoxy) is 2. The Hall–Kier alpha value is -3.17. The Morgan fingerprint density at radius 3 is 2.32 bits per heavy atom. The fraction of sp³-hybridized carbons (Fsp3) is 0.360. The van der Waals surface area contributed by atoms with Crippen LogP contribution in [0.2, 0.25) is 0 Å². The van der Waals surface area contributed by atoms with Crippen LogP contribution in [0.15, 0.2) is 54.0 Å². The molecule has 0 radical (unpaired) electrons. The molecule has 1 aliphatic rings. The molecule has 2 aromatic rings. The summed E-state index contributed by atoms with van der Waals surface area (Å²) < 4.78 is 36.8. The molecule has 0 unspecified atom stereocenters. The van der Waals surface area contributed by atoms with Crippen molar-refractivity contribution in [3.63, 3.8) is 0 Å². The highest BCUT2D eigenvalue weighted by molar-refractivity contribution is 6.56. The van der Waals surface area contributed by atoms with E-state index < -0.39 is 36.2 Å². The van der Waals surface area contributed by atoms with Crippen LogP contribution in [0.1, 0.15) is 49.2 Å². The zero-order valence-corrected chi connectivity index (χ0v) is 20.0. The monoisotopic (exact) mass is 469 g/mol. The van der Waals surface area contributed by atoms with Gasteiger partial charge in [0.1, 0.15) is 12.4 Å². The van der Waals surface area contributed by atoms with E-state index in [-0.39, 0.29) is 24.3 Å². The molecule has 0 aliphatic carbocycles. The summed E-state index contributed by atoms with van der Waals surface area (Å²) >= 11 is 0. The molecule has 7 nitrogen and oxygen atoms in total. The topological polar surface area (TPSA) is 83.1 Å². The van der Waals surface area contributed by atoms with Crippen molar-refractivity contribution < 1.29 is 32.8 Å². The number of carbonyl (C=O) groups excluding carboxylic acids is 2. The van der Waals surface area contributed by atoms with E-state index in [9.17, 15) is 14.0 Å². The normalized spacial score (nSPS) is 16.8. The van der Waals surface area contributed by atoms with Crippen molar-refractivity contribution >= 4 is 25.3 Å². The molecule has 1 N–H and O–H groups in total. The second-order valence-electron chi connectivity index (χ2n) is 8.95. The summed E-state index contributed by atoms with van der Waals surface area (Å²) in [6, 6.07) is 13.2. The Kier molecular flexibility index (Phi) is 7.79. The molecule has 0 spiro atoms. The first-order chi connectivity index (χ1) is 16.0. The van der Waals surface area contributed by atoms with Gasteiger partial charge in [0.25, 0.3) is 0 Å². The standard InChI is InChI=1S/C25H29BFNO6/c1-24(2)25(3,4)34-26(33-24)20(14-19-13-18(22(29)31-5)11-12-21(19)27)15-28-23(30)32-16-17-9-7-6-8-10-17/h6-14H,15-16H2,1-5H3,(H,28,30). The minimum atomic E-state index is -0.847. The number of esters is 1. The van der Waals surface area contributed by atoms with Crippen molar-refractivity contribution in [1.29, 1.82) is 0 Å². The Morgan fingerprint density at radius 2 is 1.71 bits per heavy atom. The van der Waals surface area contributed by atoms with Gasteiger partial charge in [0.2, 0.25) is 0 Å². The van der Waals surface area contributed by atoms with E-state index >= 15 is 0 Å². The third-order valence-electron chi connectivity index (χ3n) is 5.96. The van der Waals surface area contributed by atoms with Crippen LogP contribution < -0.4 is 5.32 Å². The molecule has 1 saturated heterocycles. The van der Waals surface area contributed by atoms with E-state index in [1.807, 2.05) is 58.0 Å². The second kappa shape index (κ2) is 10.4. The lowest BCUT2D eigenvalue weighted by Gasteiger charge is -2.32. The van der Waals surface area contributed by atoms with Gasteiger partial charge in [-0.05, 0) is 56.9 Å². The summed E-state index contributed by atoms with van der Waals surface area (Å²) in [7, 11) is 0.405. The maximum Gasteiger partial charge on any atom is 0.492 e. The highest BCUT2D eigenvalue weighted by atomic mass is 19.1. The molecule has 180 valence electrons. The van der Waals surface area contributed by atoms with Crippen molar-refractivity contribution in [3.8, 4) is 0 Å². The van der Waals surface area contributed by atoms with E-state index in [2.05, 4.69) is 5.32 Å². The van der Waals surface area contributed by atoms with Crippen LogP contribution in [0.25, 0.3) is 6.08 Å². The average molecular weight is 469 g/mol. The number of rotatable bonds is 7. The van der Waals surface area contributed by atoms with Crippen molar-refractivity contribution in [2.45, 2.75) is 45.5 Å². The molecule has 0 aromatic heterocycles. The third-order valence-corrected chi connectivity index (χ3v) is 5.96. The van der Waals surface area contributed by atoms with Crippen LogP contribution in [-0.4, -0.2) is 44.0 Å². The van der Waals surface area contributed by atoms with Gasteiger partial charge in [-0.1, -0.05) is 36.4 Å². The first-order valence-corrected chi connectivity index (χ1v) is 10.9. The van der Waals surface area contributed by atoms with Gasteiger partial charge in [-0.3, -0.25) is 0 Å². The van der Waals surface area contributed by atoms with E-state index in [4.69, 9.17) is 18.8 Å². The van der Waals surface area contributed by atoms with E-state index in [1.54, 1.807) is 0 Å². The first kappa shape index (κ1) is 25.5. The van der Waals surface area contributed by atoms with Crippen LogP contribution in [0.5, 0.6) is 0 Å². The first-order valence-electron chi connectivity index (χ1n) is 10.9. The zero-order chi connectivity index (χ0) is 24.9. The predicted octanol–water partition coefficient (Wildman–Crippen LogP) is 4.55. The van der Waals surface area contributed by atoms with Crippen LogP contribution >= 0.6 is 0 Å². The van der Waals surface area contributed by atoms with Crippen molar-refractivity contribution in [2.75, 3.05) is 13.7 Å². The molecule has 2 aromatic carbocycles. The lowest BCUT2D eigenvalue weighted by atomic mass is 9.77. The van der Waals surface area contributed by atoms with Gasteiger partial charge in [-0.25, -0.2) is 14.0 Å². The van der Waals surface area contributed by atoms with E-state index in [0.717, 1.165) is 5.56 Å². The number of hydrogen-bond acceptors (Lipinski definition) is 6. The zero-order valence-electron chi connectivity index (χ0n) is 20.0.